The number of hydrogen-bond acceptors (Lipinski definition) is 1. The zero-order valence-electron chi connectivity index (χ0n) is 25.4. The van der Waals surface area contributed by atoms with Crippen LogP contribution in [0.3, 0.4) is 0 Å². The van der Waals surface area contributed by atoms with Gasteiger partial charge in [-0.3, -0.25) is 0 Å². The van der Waals surface area contributed by atoms with Crippen LogP contribution in [0.5, 0.6) is 0 Å². The molecule has 2 nitrogen and oxygen atoms in total. The standard InChI is InChI=1S/C43H32N2/c1-43(2)38-19-11-9-17-35(38)36-25-23-33(28-39(36)43)44(30-13-5-3-6-14-30)32-22-24-34-29(27-32)21-26-41-42(34)37-18-10-12-20-40(37)45(41)31-15-7-4-8-16-31/h3-28H,1-2H3. The average molecular weight is 577 g/mol. The third-order valence-electron chi connectivity index (χ3n) is 9.75. The fraction of sp³-hybridized carbons (Fsp3) is 0.0698. The second-order valence-corrected chi connectivity index (χ2v) is 12.6. The Kier molecular flexibility index (Phi) is 5.58. The molecule has 1 aliphatic carbocycles. The molecular formula is C43H32N2. The van der Waals surface area contributed by atoms with E-state index in [1.165, 1.54) is 66.2 Å². The van der Waals surface area contributed by atoms with Crippen LogP contribution in [0.4, 0.5) is 17.1 Å². The van der Waals surface area contributed by atoms with Crippen molar-refractivity contribution in [3.05, 3.63) is 169 Å². The summed E-state index contributed by atoms with van der Waals surface area (Å²) >= 11 is 0. The molecule has 0 unspecified atom stereocenters. The second-order valence-electron chi connectivity index (χ2n) is 12.6. The molecule has 8 aromatic rings. The van der Waals surface area contributed by atoms with E-state index in [4.69, 9.17) is 0 Å². The number of aromatic nitrogens is 1. The van der Waals surface area contributed by atoms with Gasteiger partial charge in [0.15, 0.2) is 0 Å². The number of para-hydroxylation sites is 3. The van der Waals surface area contributed by atoms with Crippen LogP contribution in [0.15, 0.2) is 158 Å². The van der Waals surface area contributed by atoms with E-state index in [1.807, 2.05) is 0 Å². The molecule has 0 amide bonds. The Bertz CT molecular complexity index is 2400. The molecular weight excluding hydrogens is 544 g/mol. The summed E-state index contributed by atoms with van der Waals surface area (Å²) in [5.74, 6) is 0. The van der Waals surface area contributed by atoms with Crippen molar-refractivity contribution in [2.24, 2.45) is 0 Å². The van der Waals surface area contributed by atoms with Crippen LogP contribution in [0.2, 0.25) is 0 Å². The molecule has 9 rings (SSSR count). The second kappa shape index (κ2) is 9.70. The van der Waals surface area contributed by atoms with Crippen molar-refractivity contribution in [1.82, 2.24) is 4.57 Å². The highest BCUT2D eigenvalue weighted by Gasteiger charge is 2.35. The Hall–Kier alpha value is -5.60. The molecule has 0 bridgehead atoms. The molecule has 214 valence electrons. The highest BCUT2D eigenvalue weighted by atomic mass is 15.1. The van der Waals surface area contributed by atoms with Crippen molar-refractivity contribution >= 4 is 49.6 Å². The van der Waals surface area contributed by atoms with Crippen LogP contribution < -0.4 is 4.90 Å². The fourth-order valence-electron chi connectivity index (χ4n) is 7.63. The van der Waals surface area contributed by atoms with Crippen LogP contribution in [0.1, 0.15) is 25.0 Å². The molecule has 0 saturated carbocycles. The van der Waals surface area contributed by atoms with Gasteiger partial charge < -0.3 is 9.47 Å². The van der Waals surface area contributed by atoms with Crippen LogP contribution in [0, 0.1) is 0 Å². The SMILES string of the molecule is CC1(C)c2ccccc2-c2ccc(N(c3ccccc3)c3ccc4c(ccc5c4c4ccccc4n5-c4ccccc4)c3)cc21. The topological polar surface area (TPSA) is 8.17 Å². The predicted molar refractivity (Wildman–Crippen MR) is 191 cm³/mol. The quantitative estimate of drug-likeness (QED) is 0.202. The van der Waals surface area contributed by atoms with Gasteiger partial charge >= 0.3 is 0 Å². The maximum atomic E-state index is 2.41. The highest BCUT2D eigenvalue weighted by Crippen LogP contribution is 2.50. The van der Waals surface area contributed by atoms with Gasteiger partial charge in [0.1, 0.15) is 0 Å². The Morgan fingerprint density at radius 3 is 1.98 bits per heavy atom. The summed E-state index contributed by atoms with van der Waals surface area (Å²) in [6.45, 7) is 4.70. The lowest BCUT2D eigenvalue weighted by Gasteiger charge is -2.28. The minimum atomic E-state index is -0.0632. The zero-order valence-corrected chi connectivity index (χ0v) is 25.4. The number of benzene rings is 7. The van der Waals surface area contributed by atoms with Gasteiger partial charge in [-0.05, 0) is 93.7 Å². The van der Waals surface area contributed by atoms with Gasteiger partial charge in [-0.2, -0.15) is 0 Å². The minimum absolute atomic E-state index is 0.0632. The van der Waals surface area contributed by atoms with E-state index in [1.54, 1.807) is 0 Å². The van der Waals surface area contributed by atoms with Crippen molar-refractivity contribution in [3.8, 4) is 16.8 Å². The lowest BCUT2D eigenvalue weighted by molar-refractivity contribution is 0.660. The molecule has 0 aliphatic heterocycles. The highest BCUT2D eigenvalue weighted by molar-refractivity contribution is 6.21. The maximum absolute atomic E-state index is 2.41. The van der Waals surface area contributed by atoms with Crippen molar-refractivity contribution in [2.45, 2.75) is 19.3 Å². The van der Waals surface area contributed by atoms with E-state index < -0.39 is 0 Å². The summed E-state index contributed by atoms with van der Waals surface area (Å²) in [5, 5.41) is 5.06. The van der Waals surface area contributed by atoms with Crippen LogP contribution in [0.25, 0.3) is 49.4 Å². The Morgan fingerprint density at radius 2 is 1.13 bits per heavy atom. The third kappa shape index (κ3) is 3.82. The first-order valence-electron chi connectivity index (χ1n) is 15.7. The van der Waals surface area contributed by atoms with Gasteiger partial charge in [0.2, 0.25) is 0 Å². The van der Waals surface area contributed by atoms with Crippen molar-refractivity contribution in [1.29, 1.82) is 0 Å². The molecule has 1 aliphatic rings. The molecule has 45 heavy (non-hydrogen) atoms. The van der Waals surface area contributed by atoms with Gasteiger partial charge in [-0.1, -0.05) is 111 Å². The normalized spacial score (nSPS) is 13.3. The minimum Gasteiger partial charge on any atom is -0.310 e. The van der Waals surface area contributed by atoms with Gasteiger partial charge in [0.25, 0.3) is 0 Å². The largest absolute Gasteiger partial charge is 0.310 e. The predicted octanol–water partition coefficient (Wildman–Crippen LogP) is 11.7. The molecule has 1 heterocycles. The van der Waals surface area contributed by atoms with Gasteiger partial charge in [0.05, 0.1) is 11.0 Å². The van der Waals surface area contributed by atoms with E-state index >= 15 is 0 Å². The van der Waals surface area contributed by atoms with Crippen molar-refractivity contribution in [2.75, 3.05) is 4.90 Å². The fourth-order valence-corrected chi connectivity index (χ4v) is 7.63. The first kappa shape index (κ1) is 25.9. The van der Waals surface area contributed by atoms with Gasteiger partial charge in [-0.15, -0.1) is 0 Å². The summed E-state index contributed by atoms with van der Waals surface area (Å²) in [7, 11) is 0. The number of anilines is 3. The summed E-state index contributed by atoms with van der Waals surface area (Å²) < 4.78 is 2.39. The monoisotopic (exact) mass is 576 g/mol. The smallest absolute Gasteiger partial charge is 0.0547 e. The Balaban J connectivity index is 1.25. The molecule has 0 saturated heterocycles. The maximum Gasteiger partial charge on any atom is 0.0547 e. The molecule has 2 heteroatoms. The zero-order chi connectivity index (χ0) is 30.1. The van der Waals surface area contributed by atoms with Crippen LogP contribution in [-0.4, -0.2) is 4.57 Å². The van der Waals surface area contributed by atoms with E-state index in [0.29, 0.717) is 0 Å². The third-order valence-corrected chi connectivity index (χ3v) is 9.75. The molecule has 0 N–H and O–H groups in total. The summed E-state index contributed by atoms with van der Waals surface area (Å²) in [5.41, 5.74) is 12.5. The van der Waals surface area contributed by atoms with Crippen molar-refractivity contribution < 1.29 is 0 Å². The number of nitrogens with zero attached hydrogens (tertiary/aromatic N) is 2. The number of hydrogen-bond donors (Lipinski definition) is 0. The van der Waals surface area contributed by atoms with E-state index in [-0.39, 0.29) is 5.41 Å². The van der Waals surface area contributed by atoms with E-state index in [9.17, 15) is 0 Å². The van der Waals surface area contributed by atoms with Crippen LogP contribution >= 0.6 is 0 Å². The van der Waals surface area contributed by atoms with E-state index in [2.05, 4.69) is 181 Å². The molecule has 0 radical (unpaired) electrons. The Morgan fingerprint density at radius 1 is 0.467 bits per heavy atom. The number of fused-ring (bicyclic) bond motifs is 8. The summed E-state index contributed by atoms with van der Waals surface area (Å²) in [6.07, 6.45) is 0. The average Bonchev–Trinajstić information content (AvgIpc) is 3.55. The molecule has 0 spiro atoms. The molecule has 1 aromatic heterocycles. The van der Waals surface area contributed by atoms with Crippen LogP contribution in [-0.2, 0) is 5.41 Å². The molecule has 0 atom stereocenters. The first-order valence-corrected chi connectivity index (χ1v) is 15.7. The summed E-state index contributed by atoms with van der Waals surface area (Å²) in [4.78, 5) is 2.40. The number of rotatable bonds is 4. The van der Waals surface area contributed by atoms with Gasteiger partial charge in [0, 0.05) is 38.9 Å². The first-order chi connectivity index (χ1) is 22.1. The van der Waals surface area contributed by atoms with Gasteiger partial charge in [-0.25, -0.2) is 0 Å². The van der Waals surface area contributed by atoms with Crippen molar-refractivity contribution in [3.63, 3.8) is 0 Å². The molecule has 7 aromatic carbocycles. The Labute approximate surface area is 263 Å². The lowest BCUT2D eigenvalue weighted by Crippen LogP contribution is -2.16. The lowest BCUT2D eigenvalue weighted by atomic mass is 9.82. The summed E-state index contributed by atoms with van der Waals surface area (Å²) in [6, 6.07) is 57.6. The molecule has 0 fully saturated rings. The van der Waals surface area contributed by atoms with E-state index in [0.717, 1.165) is 11.4 Å².